The highest BCUT2D eigenvalue weighted by molar-refractivity contribution is 5.58. The number of pyridine rings is 1. The number of aromatic nitrogens is 3. The van der Waals surface area contributed by atoms with E-state index in [1.165, 1.54) is 12.1 Å². The highest BCUT2D eigenvalue weighted by Gasteiger charge is 2.35. The molecule has 0 bridgehead atoms. The largest absolute Gasteiger partial charge is 0.433 e. The number of nitrogen functional groups attached to an aromatic ring is 1. The zero-order valence-corrected chi connectivity index (χ0v) is 16.0. The van der Waals surface area contributed by atoms with E-state index in [1.54, 1.807) is 0 Å². The first kappa shape index (κ1) is 21.7. The van der Waals surface area contributed by atoms with Gasteiger partial charge in [0.05, 0.1) is 4.92 Å². The van der Waals surface area contributed by atoms with Crippen LogP contribution in [0.2, 0.25) is 0 Å². The number of rotatable bonds is 6. The molecule has 0 amide bonds. The summed E-state index contributed by atoms with van der Waals surface area (Å²) in [5.74, 6) is -0.236. The highest BCUT2D eigenvalue weighted by atomic mass is 19.4. The number of anilines is 2. The van der Waals surface area contributed by atoms with Gasteiger partial charge in [0.25, 0.3) is 0 Å². The zero-order chi connectivity index (χ0) is 21.9. The molecule has 1 aliphatic carbocycles. The molecule has 12 heteroatoms. The number of nitrogens with two attached hydrogens (primary N) is 2. The summed E-state index contributed by atoms with van der Waals surface area (Å²) in [7, 11) is 0. The highest BCUT2D eigenvalue weighted by Crippen LogP contribution is 2.33. The fourth-order valence-corrected chi connectivity index (χ4v) is 3.62. The van der Waals surface area contributed by atoms with Crippen molar-refractivity contribution in [1.82, 2.24) is 15.0 Å². The molecular formula is C18H22F3N7O2. The van der Waals surface area contributed by atoms with Gasteiger partial charge in [-0.25, -0.2) is 4.98 Å². The molecule has 1 saturated carbocycles. The van der Waals surface area contributed by atoms with Crippen LogP contribution < -0.4 is 16.8 Å². The van der Waals surface area contributed by atoms with E-state index >= 15 is 0 Å². The summed E-state index contributed by atoms with van der Waals surface area (Å²) in [5.41, 5.74) is 10.3. The Kier molecular flexibility index (Phi) is 6.34. The van der Waals surface area contributed by atoms with Gasteiger partial charge in [-0.05, 0) is 44.1 Å². The minimum absolute atomic E-state index is 0.0717. The normalized spacial score (nSPS) is 19.5. The number of hydrogen-bond acceptors (Lipinski definition) is 8. The summed E-state index contributed by atoms with van der Waals surface area (Å²) in [4.78, 5) is 22.3. The van der Waals surface area contributed by atoms with Crippen LogP contribution in [0.25, 0.3) is 0 Å². The Morgan fingerprint density at radius 2 is 1.93 bits per heavy atom. The molecule has 0 aliphatic heterocycles. The average molecular weight is 425 g/mol. The Balaban J connectivity index is 1.83. The second-order valence-electron chi connectivity index (χ2n) is 7.33. The summed E-state index contributed by atoms with van der Waals surface area (Å²) in [6.07, 6.45) is 0.0502. The maximum Gasteiger partial charge on any atom is 0.433 e. The first-order valence-electron chi connectivity index (χ1n) is 9.46. The molecule has 3 rings (SSSR count). The van der Waals surface area contributed by atoms with E-state index in [0.29, 0.717) is 6.42 Å². The standard InChI is InChI=1S/C18H22F3N7O2/c19-18(20,21)15-11(2-1-7-24-15)9-25-17-26-13(14(28(29)30)16(23)27-17)8-10-3-5-12(22)6-4-10/h1-2,7,10,12H,3-6,8-9,22H2,(H3,23,25,26,27)/t10-,12-. The Bertz CT molecular complexity index is 915. The van der Waals surface area contributed by atoms with Gasteiger partial charge in [-0.3, -0.25) is 15.1 Å². The van der Waals surface area contributed by atoms with Crippen molar-refractivity contribution >= 4 is 17.5 Å². The fourth-order valence-electron chi connectivity index (χ4n) is 3.62. The SMILES string of the molecule is Nc1nc(NCc2cccnc2C(F)(F)F)nc(C[C@H]2CC[C@H](N)CC2)c1[N+](=O)[O-]. The van der Waals surface area contributed by atoms with Crippen LogP contribution in [0.15, 0.2) is 18.3 Å². The molecule has 0 saturated heterocycles. The average Bonchev–Trinajstić information content (AvgIpc) is 2.67. The molecule has 2 aromatic heterocycles. The van der Waals surface area contributed by atoms with E-state index in [-0.39, 0.29) is 47.2 Å². The van der Waals surface area contributed by atoms with E-state index in [2.05, 4.69) is 20.3 Å². The van der Waals surface area contributed by atoms with E-state index in [1.807, 2.05) is 0 Å². The topological polar surface area (TPSA) is 146 Å². The number of hydrogen-bond donors (Lipinski definition) is 3. The summed E-state index contributed by atoms with van der Waals surface area (Å²) in [6, 6.07) is 2.80. The van der Waals surface area contributed by atoms with E-state index in [0.717, 1.165) is 31.9 Å². The minimum atomic E-state index is -4.61. The predicted molar refractivity (Wildman–Crippen MR) is 103 cm³/mol. The maximum atomic E-state index is 13.1. The van der Waals surface area contributed by atoms with Crippen molar-refractivity contribution in [1.29, 1.82) is 0 Å². The van der Waals surface area contributed by atoms with Crippen LogP contribution in [0.5, 0.6) is 0 Å². The van der Waals surface area contributed by atoms with Gasteiger partial charge in [-0.1, -0.05) is 6.07 Å². The third-order valence-electron chi connectivity index (χ3n) is 5.14. The van der Waals surface area contributed by atoms with Crippen molar-refractivity contribution in [3.05, 3.63) is 45.4 Å². The Morgan fingerprint density at radius 1 is 1.23 bits per heavy atom. The summed E-state index contributed by atoms with van der Waals surface area (Å²) >= 11 is 0. The summed E-state index contributed by atoms with van der Waals surface area (Å²) < 4.78 is 39.3. The molecule has 0 atom stereocenters. The summed E-state index contributed by atoms with van der Waals surface area (Å²) in [5, 5.41) is 14.1. The molecule has 5 N–H and O–H groups in total. The van der Waals surface area contributed by atoms with Crippen molar-refractivity contribution < 1.29 is 18.1 Å². The van der Waals surface area contributed by atoms with Crippen LogP contribution in [-0.2, 0) is 19.1 Å². The van der Waals surface area contributed by atoms with Gasteiger partial charge < -0.3 is 16.8 Å². The zero-order valence-electron chi connectivity index (χ0n) is 16.0. The van der Waals surface area contributed by atoms with Gasteiger partial charge in [-0.2, -0.15) is 18.2 Å². The lowest BCUT2D eigenvalue weighted by Gasteiger charge is -2.25. The van der Waals surface area contributed by atoms with Gasteiger partial charge in [-0.15, -0.1) is 0 Å². The molecule has 2 aromatic rings. The van der Waals surface area contributed by atoms with Crippen molar-refractivity contribution in [2.45, 2.75) is 50.9 Å². The molecule has 1 aliphatic rings. The number of alkyl halides is 3. The van der Waals surface area contributed by atoms with E-state index < -0.39 is 16.8 Å². The molecule has 162 valence electrons. The molecule has 0 spiro atoms. The lowest BCUT2D eigenvalue weighted by molar-refractivity contribution is -0.385. The second-order valence-corrected chi connectivity index (χ2v) is 7.33. The third-order valence-corrected chi connectivity index (χ3v) is 5.14. The summed E-state index contributed by atoms with van der Waals surface area (Å²) in [6.45, 7) is -0.266. The molecule has 9 nitrogen and oxygen atoms in total. The van der Waals surface area contributed by atoms with Gasteiger partial charge in [0, 0.05) is 24.3 Å². The van der Waals surface area contributed by atoms with Crippen LogP contribution in [0.4, 0.5) is 30.6 Å². The van der Waals surface area contributed by atoms with Crippen molar-refractivity contribution in [2.24, 2.45) is 11.7 Å². The van der Waals surface area contributed by atoms with Crippen LogP contribution in [0.3, 0.4) is 0 Å². The van der Waals surface area contributed by atoms with E-state index in [4.69, 9.17) is 11.5 Å². The monoisotopic (exact) mass is 425 g/mol. The molecule has 0 unspecified atom stereocenters. The van der Waals surface area contributed by atoms with Crippen LogP contribution >= 0.6 is 0 Å². The Hall–Kier alpha value is -3.02. The first-order chi connectivity index (χ1) is 14.1. The van der Waals surface area contributed by atoms with Crippen LogP contribution in [0, 0.1) is 16.0 Å². The maximum absolute atomic E-state index is 13.1. The van der Waals surface area contributed by atoms with Crippen molar-refractivity contribution in [3.63, 3.8) is 0 Å². The molecular weight excluding hydrogens is 403 g/mol. The van der Waals surface area contributed by atoms with Gasteiger partial charge in [0.2, 0.25) is 11.8 Å². The van der Waals surface area contributed by atoms with Crippen molar-refractivity contribution in [3.8, 4) is 0 Å². The lowest BCUT2D eigenvalue weighted by atomic mass is 9.83. The molecule has 0 aromatic carbocycles. The van der Waals surface area contributed by atoms with Crippen LogP contribution in [0.1, 0.15) is 42.6 Å². The number of nitrogens with zero attached hydrogens (tertiary/aromatic N) is 4. The fraction of sp³-hybridized carbons (Fsp3) is 0.500. The van der Waals surface area contributed by atoms with Crippen molar-refractivity contribution in [2.75, 3.05) is 11.1 Å². The Labute approximate surface area is 170 Å². The lowest BCUT2D eigenvalue weighted by Crippen LogP contribution is -2.27. The predicted octanol–water partition coefficient (Wildman–Crippen LogP) is 3.05. The second kappa shape index (κ2) is 8.78. The Morgan fingerprint density at radius 3 is 2.57 bits per heavy atom. The number of nitro groups is 1. The quantitative estimate of drug-likeness (QED) is 0.473. The number of nitrogens with one attached hydrogen (secondary N) is 1. The molecule has 0 radical (unpaired) electrons. The smallest absolute Gasteiger partial charge is 0.378 e. The van der Waals surface area contributed by atoms with Gasteiger partial charge in [0.15, 0.2) is 0 Å². The van der Waals surface area contributed by atoms with Crippen LogP contribution in [-0.4, -0.2) is 25.9 Å². The molecule has 30 heavy (non-hydrogen) atoms. The first-order valence-corrected chi connectivity index (χ1v) is 9.46. The molecule has 1 fully saturated rings. The third kappa shape index (κ3) is 5.12. The van der Waals surface area contributed by atoms with Gasteiger partial charge >= 0.3 is 11.9 Å². The molecule has 2 heterocycles. The minimum Gasteiger partial charge on any atom is -0.378 e. The van der Waals surface area contributed by atoms with Gasteiger partial charge in [0.1, 0.15) is 11.4 Å². The number of halogens is 3. The van der Waals surface area contributed by atoms with E-state index in [9.17, 15) is 23.3 Å².